The maximum absolute atomic E-state index is 12.6. The van der Waals surface area contributed by atoms with Gasteiger partial charge in [-0.15, -0.1) is 0 Å². The van der Waals surface area contributed by atoms with Crippen molar-refractivity contribution >= 4 is 5.97 Å². The molecule has 4 fully saturated rings. The smallest absolute Gasteiger partial charge is 0.305 e. The fourth-order valence-electron chi connectivity index (χ4n) is 10.9. The van der Waals surface area contributed by atoms with Crippen LogP contribution < -0.4 is 0 Å². The number of ether oxygens (including phenoxy) is 1. The molecule has 0 bridgehead atoms. The molecule has 4 aliphatic carbocycles. The zero-order valence-corrected chi connectivity index (χ0v) is 28.4. The quantitative estimate of drug-likeness (QED) is 0.114. The Hall–Kier alpha value is -0.650. The Morgan fingerprint density at radius 1 is 0.814 bits per heavy atom. The van der Waals surface area contributed by atoms with Crippen LogP contribution in [-0.2, 0) is 9.53 Å². The molecule has 0 radical (unpaired) electrons. The molecule has 43 heavy (non-hydrogen) atoms. The van der Waals surface area contributed by atoms with E-state index in [-0.39, 0.29) is 41.0 Å². The number of hydrogen-bond acceptors (Lipinski definition) is 5. The molecular weight excluding hydrogens is 536 g/mol. The third-order valence-corrected chi connectivity index (χ3v) is 13.6. The third kappa shape index (κ3) is 8.20. The van der Waals surface area contributed by atoms with Gasteiger partial charge in [0.2, 0.25) is 0 Å². The molecule has 0 aromatic rings. The molecule has 5 nitrogen and oxygen atoms in total. The molecule has 250 valence electrons. The van der Waals surface area contributed by atoms with Crippen molar-refractivity contribution in [1.29, 1.82) is 0 Å². The Morgan fingerprint density at radius 3 is 2.09 bits per heavy atom. The molecule has 0 amide bonds. The molecule has 0 spiro atoms. The molecule has 3 N–H and O–H groups in total. The summed E-state index contributed by atoms with van der Waals surface area (Å²) >= 11 is 0. The van der Waals surface area contributed by atoms with E-state index in [1.54, 1.807) is 0 Å². The molecule has 0 aliphatic heterocycles. The van der Waals surface area contributed by atoms with E-state index in [0.29, 0.717) is 42.6 Å². The van der Waals surface area contributed by atoms with Crippen molar-refractivity contribution in [2.75, 3.05) is 6.61 Å². The number of aliphatic hydroxyl groups is 3. The Morgan fingerprint density at radius 2 is 1.44 bits per heavy atom. The second-order valence-electron chi connectivity index (χ2n) is 16.2. The summed E-state index contributed by atoms with van der Waals surface area (Å²) in [6, 6.07) is 0. The lowest BCUT2D eigenvalue weighted by molar-refractivity contribution is -0.207. The van der Waals surface area contributed by atoms with Gasteiger partial charge >= 0.3 is 5.97 Å². The number of carbonyl (C=O) groups is 1. The standard InChI is InChI=1S/C38H68O5/c1-5-6-7-8-9-10-11-12-13-14-15-16-23-43-35(42)20-17-27(2)30-18-19-31-36-32(26-34(41)38(30,31)4)37(3)22-21-29(39)24-28(37)25-33(36)40/h27-34,36,39-41H,5-26H2,1-4H3/t27-,28+,29-,30-,31+,32+,33-,34+,36+,37+,38-/m1/s1. The van der Waals surface area contributed by atoms with Crippen LogP contribution in [0.3, 0.4) is 0 Å². The van der Waals surface area contributed by atoms with E-state index in [9.17, 15) is 20.1 Å². The average molecular weight is 605 g/mol. The number of hydrogen-bond donors (Lipinski definition) is 3. The molecule has 4 rings (SSSR count). The highest BCUT2D eigenvalue weighted by Crippen LogP contribution is 2.68. The van der Waals surface area contributed by atoms with Crippen molar-refractivity contribution < 1.29 is 24.9 Å². The lowest BCUT2D eigenvalue weighted by Gasteiger charge is -2.63. The summed E-state index contributed by atoms with van der Waals surface area (Å²) in [6.45, 7) is 9.77. The summed E-state index contributed by atoms with van der Waals surface area (Å²) in [6.07, 6.45) is 22.3. The summed E-state index contributed by atoms with van der Waals surface area (Å²) in [4.78, 5) is 12.6. The normalized spacial score (nSPS) is 39.5. The Kier molecular flexibility index (Phi) is 13.3. The Balaban J connectivity index is 1.15. The van der Waals surface area contributed by atoms with Gasteiger partial charge in [0.05, 0.1) is 24.9 Å². The maximum atomic E-state index is 12.6. The van der Waals surface area contributed by atoms with E-state index in [1.165, 1.54) is 64.2 Å². The topological polar surface area (TPSA) is 87.0 Å². The lowest BCUT2D eigenvalue weighted by Crippen LogP contribution is -2.62. The molecule has 4 aliphatic rings. The first-order valence-corrected chi connectivity index (χ1v) is 18.8. The van der Waals surface area contributed by atoms with Gasteiger partial charge < -0.3 is 20.1 Å². The summed E-state index contributed by atoms with van der Waals surface area (Å²) < 4.78 is 5.61. The molecule has 5 heteroatoms. The molecule has 0 aromatic heterocycles. The van der Waals surface area contributed by atoms with Crippen molar-refractivity contribution in [3.8, 4) is 0 Å². The monoisotopic (exact) mass is 605 g/mol. The van der Waals surface area contributed by atoms with Gasteiger partial charge in [-0.1, -0.05) is 98.3 Å². The first kappa shape index (κ1) is 35.2. The predicted octanol–water partition coefficient (Wildman–Crippen LogP) is 8.61. The van der Waals surface area contributed by atoms with E-state index < -0.39 is 0 Å². The van der Waals surface area contributed by atoms with Crippen molar-refractivity contribution in [2.45, 2.75) is 181 Å². The zero-order valence-electron chi connectivity index (χ0n) is 28.4. The lowest BCUT2D eigenvalue weighted by atomic mass is 9.43. The molecule has 4 saturated carbocycles. The Labute approximate surface area is 264 Å². The van der Waals surface area contributed by atoms with Gasteiger partial charge in [0.25, 0.3) is 0 Å². The van der Waals surface area contributed by atoms with E-state index in [2.05, 4.69) is 27.7 Å². The van der Waals surface area contributed by atoms with Gasteiger partial charge in [0, 0.05) is 6.42 Å². The van der Waals surface area contributed by atoms with Crippen LogP contribution in [0.15, 0.2) is 0 Å². The van der Waals surface area contributed by atoms with Gasteiger partial charge in [-0.3, -0.25) is 4.79 Å². The SMILES string of the molecule is CCCCCCCCCCCCCCOC(=O)CC[C@@H](C)[C@H]1CC[C@H]2[C@@H]3[C@H](O)C[C@@H]4C[C@H](O)CC[C@]4(C)[C@H]3C[C@H](O)[C@]12C. The number of unbranched alkanes of at least 4 members (excludes halogenated alkanes) is 11. The maximum Gasteiger partial charge on any atom is 0.305 e. The fourth-order valence-corrected chi connectivity index (χ4v) is 10.9. The molecule has 0 aromatic carbocycles. The fraction of sp³-hybridized carbons (Fsp3) is 0.974. The molecule has 0 heterocycles. The van der Waals surface area contributed by atoms with Crippen LogP contribution in [0.1, 0.15) is 163 Å². The van der Waals surface area contributed by atoms with E-state index in [0.717, 1.165) is 64.2 Å². The van der Waals surface area contributed by atoms with E-state index >= 15 is 0 Å². The van der Waals surface area contributed by atoms with Crippen LogP contribution in [0.4, 0.5) is 0 Å². The van der Waals surface area contributed by atoms with Gasteiger partial charge in [-0.05, 0) is 104 Å². The van der Waals surface area contributed by atoms with Gasteiger partial charge in [-0.2, -0.15) is 0 Å². The van der Waals surface area contributed by atoms with Crippen molar-refractivity contribution in [3.63, 3.8) is 0 Å². The first-order valence-electron chi connectivity index (χ1n) is 18.8. The summed E-state index contributed by atoms with van der Waals surface area (Å²) in [5.41, 5.74) is -0.107. The molecule has 0 saturated heterocycles. The zero-order chi connectivity index (χ0) is 31.0. The number of aliphatic hydroxyl groups excluding tert-OH is 3. The summed E-state index contributed by atoms with van der Waals surface area (Å²) in [5, 5.41) is 33.6. The summed E-state index contributed by atoms with van der Waals surface area (Å²) in [7, 11) is 0. The van der Waals surface area contributed by atoms with Crippen LogP contribution in [0, 0.1) is 46.3 Å². The first-order chi connectivity index (χ1) is 20.6. The average Bonchev–Trinajstić information content (AvgIpc) is 3.34. The number of carbonyl (C=O) groups excluding carboxylic acids is 1. The molecule has 11 atom stereocenters. The number of rotatable bonds is 17. The predicted molar refractivity (Wildman–Crippen MR) is 174 cm³/mol. The minimum Gasteiger partial charge on any atom is -0.466 e. The van der Waals surface area contributed by atoms with Crippen LogP contribution >= 0.6 is 0 Å². The molecular formula is C38H68O5. The molecule has 0 unspecified atom stereocenters. The van der Waals surface area contributed by atoms with Gasteiger partial charge in [0.15, 0.2) is 0 Å². The highest BCUT2D eigenvalue weighted by molar-refractivity contribution is 5.69. The van der Waals surface area contributed by atoms with Crippen molar-refractivity contribution in [1.82, 2.24) is 0 Å². The van der Waals surface area contributed by atoms with Crippen LogP contribution in [0.5, 0.6) is 0 Å². The highest BCUT2D eigenvalue weighted by atomic mass is 16.5. The highest BCUT2D eigenvalue weighted by Gasteiger charge is 2.65. The van der Waals surface area contributed by atoms with Gasteiger partial charge in [-0.25, -0.2) is 0 Å². The number of esters is 1. The summed E-state index contributed by atoms with van der Waals surface area (Å²) in [5.74, 6) is 1.87. The van der Waals surface area contributed by atoms with Gasteiger partial charge in [0.1, 0.15) is 0 Å². The second kappa shape index (κ2) is 16.3. The minimum atomic E-state index is -0.374. The second-order valence-corrected chi connectivity index (χ2v) is 16.2. The third-order valence-electron chi connectivity index (χ3n) is 13.6. The van der Waals surface area contributed by atoms with Crippen LogP contribution in [-0.4, -0.2) is 46.2 Å². The van der Waals surface area contributed by atoms with Crippen molar-refractivity contribution in [3.05, 3.63) is 0 Å². The minimum absolute atomic E-state index is 0.0694. The van der Waals surface area contributed by atoms with E-state index in [4.69, 9.17) is 4.74 Å². The van der Waals surface area contributed by atoms with Crippen LogP contribution in [0.2, 0.25) is 0 Å². The van der Waals surface area contributed by atoms with Crippen molar-refractivity contribution in [2.24, 2.45) is 46.3 Å². The number of fused-ring (bicyclic) bond motifs is 5. The van der Waals surface area contributed by atoms with Crippen LogP contribution in [0.25, 0.3) is 0 Å². The Bertz CT molecular complexity index is 846. The largest absolute Gasteiger partial charge is 0.466 e. The van der Waals surface area contributed by atoms with E-state index in [1.807, 2.05) is 0 Å².